The minimum Gasteiger partial charge on any atom is -0.496 e. The van der Waals surface area contributed by atoms with Crippen LogP contribution < -0.4 is 15.0 Å². The Balaban J connectivity index is 1.24. The van der Waals surface area contributed by atoms with E-state index >= 15 is 0 Å². The number of hydrogen-bond donors (Lipinski definition) is 1. The SMILES string of the molecule is COc1ccccc1CCNC(=O)C1CCN(c2ccc(-n3cccn3)nn2)CC1. The molecule has 8 nitrogen and oxygen atoms in total. The Morgan fingerprint density at radius 3 is 2.57 bits per heavy atom. The lowest BCUT2D eigenvalue weighted by Gasteiger charge is -2.31. The zero-order valence-corrected chi connectivity index (χ0v) is 17.1. The van der Waals surface area contributed by atoms with Crippen molar-refractivity contribution in [2.75, 3.05) is 31.6 Å². The predicted molar refractivity (Wildman–Crippen MR) is 114 cm³/mol. The van der Waals surface area contributed by atoms with Crippen LogP contribution in [0.25, 0.3) is 5.82 Å². The van der Waals surface area contributed by atoms with Gasteiger partial charge in [0.05, 0.1) is 7.11 Å². The Bertz CT molecular complexity index is 950. The Hall–Kier alpha value is -3.42. The van der Waals surface area contributed by atoms with Crippen LogP contribution in [0.15, 0.2) is 54.9 Å². The van der Waals surface area contributed by atoms with Crippen molar-refractivity contribution in [1.29, 1.82) is 0 Å². The van der Waals surface area contributed by atoms with Gasteiger partial charge in [-0.05, 0) is 49.1 Å². The fourth-order valence-corrected chi connectivity index (χ4v) is 3.76. The van der Waals surface area contributed by atoms with Crippen LogP contribution in [0.2, 0.25) is 0 Å². The summed E-state index contributed by atoms with van der Waals surface area (Å²) in [7, 11) is 1.67. The molecular weight excluding hydrogens is 380 g/mol. The van der Waals surface area contributed by atoms with Crippen molar-refractivity contribution in [3.05, 3.63) is 60.4 Å². The maximum atomic E-state index is 12.6. The summed E-state index contributed by atoms with van der Waals surface area (Å²) in [6.45, 7) is 2.20. The van der Waals surface area contributed by atoms with Crippen LogP contribution in [0, 0.1) is 5.92 Å². The van der Waals surface area contributed by atoms with E-state index in [1.807, 2.05) is 48.7 Å². The standard InChI is InChI=1S/C22H26N6O2/c1-30-19-6-3-2-5-17(19)9-13-23-22(29)18-10-15-27(16-11-18)20-7-8-21(26-25-20)28-14-4-12-24-28/h2-8,12,14,18H,9-11,13,15-16H2,1H3,(H,23,29). The number of para-hydroxylation sites is 1. The molecule has 0 aliphatic carbocycles. The first-order chi connectivity index (χ1) is 14.7. The van der Waals surface area contributed by atoms with Gasteiger partial charge in [-0.1, -0.05) is 18.2 Å². The molecule has 30 heavy (non-hydrogen) atoms. The highest BCUT2D eigenvalue weighted by Gasteiger charge is 2.25. The number of carbonyl (C=O) groups excluding carboxylic acids is 1. The third-order valence-electron chi connectivity index (χ3n) is 5.45. The molecule has 1 aliphatic rings. The molecule has 8 heteroatoms. The van der Waals surface area contributed by atoms with Crippen LogP contribution in [0.5, 0.6) is 5.75 Å². The van der Waals surface area contributed by atoms with Gasteiger partial charge < -0.3 is 15.0 Å². The molecule has 1 amide bonds. The molecule has 0 saturated carbocycles. The molecule has 0 atom stereocenters. The summed E-state index contributed by atoms with van der Waals surface area (Å²) in [5.41, 5.74) is 1.10. The lowest BCUT2D eigenvalue weighted by molar-refractivity contribution is -0.125. The highest BCUT2D eigenvalue weighted by Crippen LogP contribution is 2.22. The number of anilines is 1. The summed E-state index contributed by atoms with van der Waals surface area (Å²) < 4.78 is 7.05. The van der Waals surface area contributed by atoms with Gasteiger partial charge in [0.15, 0.2) is 11.6 Å². The Labute approximate surface area is 175 Å². The molecule has 1 aliphatic heterocycles. The van der Waals surface area contributed by atoms with E-state index in [1.165, 1.54) is 0 Å². The number of hydrogen-bond acceptors (Lipinski definition) is 6. The summed E-state index contributed by atoms with van der Waals surface area (Å²) in [6.07, 6.45) is 5.92. The molecule has 1 fully saturated rings. The normalized spacial score (nSPS) is 14.5. The molecule has 0 bridgehead atoms. The molecule has 1 saturated heterocycles. The molecule has 3 aromatic rings. The maximum Gasteiger partial charge on any atom is 0.223 e. The van der Waals surface area contributed by atoms with E-state index in [0.717, 1.165) is 49.5 Å². The van der Waals surface area contributed by atoms with Gasteiger partial charge in [0.2, 0.25) is 5.91 Å². The van der Waals surface area contributed by atoms with Crippen molar-refractivity contribution in [3.8, 4) is 11.6 Å². The van der Waals surface area contributed by atoms with Gasteiger partial charge >= 0.3 is 0 Å². The van der Waals surface area contributed by atoms with Crippen molar-refractivity contribution in [3.63, 3.8) is 0 Å². The minimum absolute atomic E-state index is 0.0372. The van der Waals surface area contributed by atoms with Gasteiger partial charge in [-0.25, -0.2) is 4.68 Å². The van der Waals surface area contributed by atoms with Crippen molar-refractivity contribution < 1.29 is 9.53 Å². The number of methoxy groups -OCH3 is 1. The second-order valence-electron chi connectivity index (χ2n) is 7.31. The van der Waals surface area contributed by atoms with Crippen LogP contribution in [-0.4, -0.2) is 52.6 Å². The number of carbonyl (C=O) groups is 1. The third-order valence-corrected chi connectivity index (χ3v) is 5.45. The largest absolute Gasteiger partial charge is 0.496 e. The highest BCUT2D eigenvalue weighted by molar-refractivity contribution is 5.79. The average molecular weight is 406 g/mol. The van der Waals surface area contributed by atoms with E-state index in [2.05, 4.69) is 25.5 Å². The molecule has 0 spiro atoms. The molecule has 1 N–H and O–H groups in total. The summed E-state index contributed by atoms with van der Waals surface area (Å²) in [6, 6.07) is 13.6. The fourth-order valence-electron chi connectivity index (χ4n) is 3.76. The van der Waals surface area contributed by atoms with E-state index in [0.29, 0.717) is 12.4 Å². The fraction of sp³-hybridized carbons (Fsp3) is 0.364. The molecule has 2 aromatic heterocycles. The quantitative estimate of drug-likeness (QED) is 0.648. The van der Waals surface area contributed by atoms with Crippen LogP contribution >= 0.6 is 0 Å². The van der Waals surface area contributed by atoms with Crippen LogP contribution in [0.1, 0.15) is 18.4 Å². The van der Waals surface area contributed by atoms with Crippen molar-refractivity contribution >= 4 is 11.7 Å². The van der Waals surface area contributed by atoms with Gasteiger partial charge in [-0.3, -0.25) is 4.79 Å². The number of benzene rings is 1. The lowest BCUT2D eigenvalue weighted by Crippen LogP contribution is -2.41. The van der Waals surface area contributed by atoms with Crippen LogP contribution in [0.4, 0.5) is 5.82 Å². The summed E-state index contributed by atoms with van der Waals surface area (Å²) in [4.78, 5) is 14.7. The van der Waals surface area contributed by atoms with Crippen LogP contribution in [-0.2, 0) is 11.2 Å². The van der Waals surface area contributed by atoms with E-state index in [9.17, 15) is 4.79 Å². The molecular formula is C22H26N6O2. The molecule has 156 valence electrons. The van der Waals surface area contributed by atoms with Crippen molar-refractivity contribution in [2.24, 2.45) is 5.92 Å². The molecule has 0 unspecified atom stereocenters. The highest BCUT2D eigenvalue weighted by atomic mass is 16.5. The number of piperidine rings is 1. The zero-order valence-electron chi connectivity index (χ0n) is 17.1. The van der Waals surface area contributed by atoms with Gasteiger partial charge in [0.25, 0.3) is 0 Å². The number of aromatic nitrogens is 4. The van der Waals surface area contributed by atoms with Gasteiger partial charge in [-0.15, -0.1) is 10.2 Å². The van der Waals surface area contributed by atoms with Crippen molar-refractivity contribution in [1.82, 2.24) is 25.3 Å². The van der Waals surface area contributed by atoms with E-state index in [1.54, 1.807) is 18.0 Å². The van der Waals surface area contributed by atoms with Gasteiger partial charge in [0.1, 0.15) is 5.75 Å². The van der Waals surface area contributed by atoms with E-state index in [4.69, 9.17) is 4.74 Å². The Morgan fingerprint density at radius 1 is 1.10 bits per heavy atom. The number of rotatable bonds is 7. The van der Waals surface area contributed by atoms with E-state index in [-0.39, 0.29) is 11.8 Å². The van der Waals surface area contributed by atoms with Crippen molar-refractivity contribution in [2.45, 2.75) is 19.3 Å². The summed E-state index contributed by atoms with van der Waals surface area (Å²) >= 11 is 0. The monoisotopic (exact) mass is 406 g/mol. The maximum absolute atomic E-state index is 12.6. The van der Waals surface area contributed by atoms with Gasteiger partial charge in [0, 0.05) is 37.9 Å². The number of amides is 1. The van der Waals surface area contributed by atoms with Gasteiger partial charge in [-0.2, -0.15) is 5.10 Å². The average Bonchev–Trinajstić information content (AvgIpc) is 3.35. The second kappa shape index (κ2) is 9.39. The molecule has 4 rings (SSSR count). The zero-order chi connectivity index (χ0) is 20.8. The summed E-state index contributed by atoms with van der Waals surface area (Å²) in [5, 5.41) is 15.8. The van der Waals surface area contributed by atoms with E-state index < -0.39 is 0 Å². The number of ether oxygens (including phenoxy) is 1. The first kappa shape index (κ1) is 19.9. The number of nitrogens with zero attached hydrogens (tertiary/aromatic N) is 5. The second-order valence-corrected chi connectivity index (χ2v) is 7.31. The first-order valence-electron chi connectivity index (χ1n) is 10.2. The lowest BCUT2D eigenvalue weighted by atomic mass is 9.96. The molecule has 3 heterocycles. The Kier molecular flexibility index (Phi) is 6.22. The smallest absolute Gasteiger partial charge is 0.223 e. The first-order valence-corrected chi connectivity index (χ1v) is 10.2. The molecule has 1 aromatic carbocycles. The minimum atomic E-state index is 0.0372. The summed E-state index contributed by atoms with van der Waals surface area (Å²) in [5.74, 6) is 2.55. The Morgan fingerprint density at radius 2 is 1.87 bits per heavy atom. The number of nitrogens with one attached hydrogen (secondary N) is 1. The topological polar surface area (TPSA) is 85.2 Å². The van der Waals surface area contributed by atoms with Crippen LogP contribution in [0.3, 0.4) is 0 Å². The molecule has 0 radical (unpaired) electrons. The predicted octanol–water partition coefficient (Wildman–Crippen LogP) is 2.25. The third kappa shape index (κ3) is 4.59.